The van der Waals surface area contributed by atoms with Crippen LogP contribution in [-0.4, -0.2) is 49.1 Å². The molecule has 1 fully saturated rings. The maximum Gasteiger partial charge on any atom is 0.243 e. The van der Waals surface area contributed by atoms with Gasteiger partial charge in [-0.05, 0) is 37.1 Å². The van der Waals surface area contributed by atoms with Crippen molar-refractivity contribution in [1.29, 1.82) is 0 Å². The van der Waals surface area contributed by atoms with E-state index in [-0.39, 0.29) is 17.5 Å². The number of benzene rings is 1. The molecule has 6 nitrogen and oxygen atoms in total. The first-order valence-corrected chi connectivity index (χ1v) is 9.38. The van der Waals surface area contributed by atoms with E-state index in [9.17, 15) is 13.5 Å². The van der Waals surface area contributed by atoms with Crippen LogP contribution in [0.2, 0.25) is 0 Å². The van der Waals surface area contributed by atoms with Crippen LogP contribution in [0.4, 0.5) is 5.82 Å². The van der Waals surface area contributed by atoms with Crippen LogP contribution in [0.5, 0.6) is 0 Å². The lowest BCUT2D eigenvalue weighted by Crippen LogP contribution is -2.37. The van der Waals surface area contributed by atoms with Crippen molar-refractivity contribution in [3.8, 4) is 11.3 Å². The number of hydrogen-bond acceptors (Lipinski definition) is 5. The number of anilines is 1. The summed E-state index contributed by atoms with van der Waals surface area (Å²) in [7, 11) is -1.77. The van der Waals surface area contributed by atoms with Gasteiger partial charge in [-0.15, -0.1) is 0 Å². The Morgan fingerprint density at radius 3 is 2.67 bits per heavy atom. The van der Waals surface area contributed by atoms with Crippen molar-refractivity contribution in [3.63, 3.8) is 0 Å². The zero-order chi connectivity index (χ0) is 17.2. The molecule has 1 saturated heterocycles. The van der Waals surface area contributed by atoms with Crippen LogP contribution in [0, 0.1) is 0 Å². The summed E-state index contributed by atoms with van der Waals surface area (Å²) in [5.74, 6) is 0.757. The summed E-state index contributed by atoms with van der Waals surface area (Å²) >= 11 is 0. The van der Waals surface area contributed by atoms with Gasteiger partial charge in [-0.1, -0.05) is 18.2 Å². The first-order chi connectivity index (χ1) is 11.6. The predicted octanol–water partition coefficient (Wildman–Crippen LogP) is 1.94. The molecule has 128 valence electrons. The summed E-state index contributed by atoms with van der Waals surface area (Å²) in [4.78, 5) is 4.70. The summed E-state index contributed by atoms with van der Waals surface area (Å²) in [5, 5.41) is 12.4. The Hall–Kier alpha value is -1.96. The quantitative estimate of drug-likeness (QED) is 0.864. The van der Waals surface area contributed by atoms with Crippen molar-refractivity contribution >= 4 is 15.8 Å². The number of nitrogens with zero attached hydrogens (tertiary/aromatic N) is 2. The second-order valence-electron chi connectivity index (χ2n) is 5.78. The van der Waals surface area contributed by atoms with Crippen LogP contribution in [0.3, 0.4) is 0 Å². The molecule has 1 atom stereocenters. The van der Waals surface area contributed by atoms with Gasteiger partial charge < -0.3 is 10.4 Å². The molecule has 2 aromatic rings. The van der Waals surface area contributed by atoms with Gasteiger partial charge in [0.15, 0.2) is 0 Å². The van der Waals surface area contributed by atoms with E-state index in [4.69, 9.17) is 0 Å². The molecule has 0 saturated carbocycles. The minimum Gasteiger partial charge on any atom is -0.395 e. The Bertz CT molecular complexity index is 806. The fourth-order valence-corrected chi connectivity index (χ4v) is 4.66. The molecule has 2 heterocycles. The molecule has 0 aliphatic carbocycles. The summed E-state index contributed by atoms with van der Waals surface area (Å²) in [6, 6.07) is 12.1. The smallest absolute Gasteiger partial charge is 0.243 e. The lowest BCUT2D eigenvalue weighted by atomic mass is 10.1. The third-order valence-electron chi connectivity index (χ3n) is 4.30. The van der Waals surface area contributed by atoms with Crippen molar-refractivity contribution in [2.45, 2.75) is 23.8 Å². The van der Waals surface area contributed by atoms with Gasteiger partial charge in [-0.25, -0.2) is 13.4 Å². The van der Waals surface area contributed by atoms with Gasteiger partial charge in [0.1, 0.15) is 5.82 Å². The molecule has 24 heavy (non-hydrogen) atoms. The van der Waals surface area contributed by atoms with E-state index in [0.29, 0.717) is 13.0 Å². The highest BCUT2D eigenvalue weighted by molar-refractivity contribution is 7.89. The van der Waals surface area contributed by atoms with E-state index >= 15 is 0 Å². The van der Waals surface area contributed by atoms with Crippen molar-refractivity contribution in [1.82, 2.24) is 9.29 Å². The van der Waals surface area contributed by atoms with Gasteiger partial charge in [0.25, 0.3) is 0 Å². The first-order valence-electron chi connectivity index (χ1n) is 7.94. The van der Waals surface area contributed by atoms with E-state index in [1.165, 1.54) is 4.31 Å². The largest absolute Gasteiger partial charge is 0.395 e. The second-order valence-corrected chi connectivity index (χ2v) is 7.67. The Kier molecular flexibility index (Phi) is 4.84. The van der Waals surface area contributed by atoms with Gasteiger partial charge >= 0.3 is 0 Å². The number of aliphatic hydroxyl groups excluding tert-OH is 1. The van der Waals surface area contributed by atoms with Crippen molar-refractivity contribution in [3.05, 3.63) is 42.5 Å². The van der Waals surface area contributed by atoms with Gasteiger partial charge in [-0.2, -0.15) is 4.31 Å². The highest BCUT2D eigenvalue weighted by Gasteiger charge is 2.34. The molecule has 7 heteroatoms. The topological polar surface area (TPSA) is 82.5 Å². The third-order valence-corrected chi connectivity index (χ3v) is 6.26. The molecule has 0 amide bonds. The molecular weight excluding hydrogens is 326 g/mol. The van der Waals surface area contributed by atoms with E-state index in [1.807, 2.05) is 18.2 Å². The van der Waals surface area contributed by atoms with Crippen LogP contribution in [-0.2, 0) is 10.0 Å². The standard InChI is InChI=1S/C17H21N3O3S/c1-18-17-6-2-5-16(19-17)13-7-9-15(10-8-13)24(22,23)20-11-3-4-14(20)12-21/h2,5-10,14,21H,3-4,11-12H2,1H3,(H,18,19)/t14-/m1/s1. The molecule has 2 N–H and O–H groups in total. The molecular formula is C17H21N3O3S. The fourth-order valence-electron chi connectivity index (χ4n) is 2.98. The zero-order valence-electron chi connectivity index (χ0n) is 13.5. The lowest BCUT2D eigenvalue weighted by Gasteiger charge is -2.22. The number of nitrogens with one attached hydrogen (secondary N) is 1. The van der Waals surface area contributed by atoms with E-state index in [0.717, 1.165) is 23.5 Å². The Balaban J connectivity index is 1.88. The number of pyridine rings is 1. The fraction of sp³-hybridized carbons (Fsp3) is 0.353. The van der Waals surface area contributed by atoms with Crippen LogP contribution in [0.1, 0.15) is 12.8 Å². The summed E-state index contributed by atoms with van der Waals surface area (Å²) in [6.45, 7) is 0.319. The SMILES string of the molecule is CNc1cccc(-c2ccc(S(=O)(=O)N3CCC[C@@H]3CO)cc2)n1. The van der Waals surface area contributed by atoms with E-state index in [2.05, 4.69) is 10.3 Å². The molecule has 0 spiro atoms. The average molecular weight is 347 g/mol. The van der Waals surface area contributed by atoms with Gasteiger partial charge in [0, 0.05) is 25.2 Å². The molecule has 1 aliphatic rings. The monoisotopic (exact) mass is 347 g/mol. The third kappa shape index (κ3) is 3.15. The highest BCUT2D eigenvalue weighted by atomic mass is 32.2. The Morgan fingerprint density at radius 2 is 2.00 bits per heavy atom. The normalized spacial score (nSPS) is 18.7. The molecule has 0 bridgehead atoms. The maximum atomic E-state index is 12.7. The van der Waals surface area contributed by atoms with Crippen molar-refractivity contribution in [2.75, 3.05) is 25.5 Å². The van der Waals surface area contributed by atoms with Gasteiger partial charge in [0.2, 0.25) is 10.0 Å². The Morgan fingerprint density at radius 1 is 1.25 bits per heavy atom. The van der Waals surface area contributed by atoms with Crippen LogP contribution < -0.4 is 5.32 Å². The molecule has 0 radical (unpaired) electrons. The minimum absolute atomic E-state index is 0.141. The van der Waals surface area contributed by atoms with Crippen LogP contribution in [0.25, 0.3) is 11.3 Å². The maximum absolute atomic E-state index is 12.7. The predicted molar refractivity (Wildman–Crippen MR) is 93.2 cm³/mol. The van der Waals surface area contributed by atoms with Crippen LogP contribution >= 0.6 is 0 Å². The van der Waals surface area contributed by atoms with Gasteiger partial charge in [0.05, 0.1) is 17.2 Å². The van der Waals surface area contributed by atoms with Crippen molar-refractivity contribution < 1.29 is 13.5 Å². The second kappa shape index (κ2) is 6.88. The first kappa shape index (κ1) is 16.9. The molecule has 3 rings (SSSR count). The lowest BCUT2D eigenvalue weighted by molar-refractivity contribution is 0.213. The number of rotatable bonds is 5. The van der Waals surface area contributed by atoms with E-state index < -0.39 is 10.0 Å². The minimum atomic E-state index is -3.57. The summed E-state index contributed by atoms with van der Waals surface area (Å²) < 4.78 is 26.9. The zero-order valence-corrected chi connectivity index (χ0v) is 14.3. The summed E-state index contributed by atoms with van der Waals surface area (Å²) in [6.07, 6.45) is 1.48. The highest BCUT2D eigenvalue weighted by Crippen LogP contribution is 2.27. The summed E-state index contributed by atoms with van der Waals surface area (Å²) in [5.41, 5.74) is 1.63. The molecule has 1 aliphatic heterocycles. The molecule has 0 unspecified atom stereocenters. The Labute approximate surface area is 142 Å². The van der Waals surface area contributed by atoms with E-state index in [1.54, 1.807) is 31.3 Å². The van der Waals surface area contributed by atoms with Gasteiger partial charge in [-0.3, -0.25) is 0 Å². The van der Waals surface area contributed by atoms with Crippen molar-refractivity contribution in [2.24, 2.45) is 0 Å². The van der Waals surface area contributed by atoms with Crippen LogP contribution in [0.15, 0.2) is 47.4 Å². The number of aliphatic hydroxyl groups is 1. The molecule has 1 aromatic carbocycles. The number of hydrogen-bond donors (Lipinski definition) is 2. The molecule has 1 aromatic heterocycles. The number of sulfonamides is 1. The average Bonchev–Trinajstić information content (AvgIpc) is 3.11. The number of aromatic nitrogens is 1.